The largest absolute Gasteiger partial charge is 0.309 e. The van der Waals surface area contributed by atoms with Crippen molar-refractivity contribution < 1.29 is 0 Å². The van der Waals surface area contributed by atoms with Gasteiger partial charge in [0, 0.05) is 5.71 Å². The predicted octanol–water partition coefficient (Wildman–Crippen LogP) is 4.66. The highest BCUT2D eigenvalue weighted by Gasteiger charge is 2.16. The zero-order valence-corrected chi connectivity index (χ0v) is 10.4. The van der Waals surface area contributed by atoms with Gasteiger partial charge in [-0.3, -0.25) is 0 Å². The summed E-state index contributed by atoms with van der Waals surface area (Å²) in [6, 6.07) is 0. The van der Waals surface area contributed by atoms with Crippen molar-refractivity contribution in [2.75, 3.05) is 0 Å². The van der Waals surface area contributed by atoms with Gasteiger partial charge in [0.05, 0.1) is 0 Å². The molecule has 0 aromatic heterocycles. The molecule has 0 aliphatic carbocycles. The van der Waals surface area contributed by atoms with Crippen LogP contribution >= 0.6 is 0 Å². The van der Waals surface area contributed by atoms with E-state index in [-0.39, 0.29) is 0 Å². The summed E-state index contributed by atoms with van der Waals surface area (Å²) in [5.41, 5.74) is 0.992. The SMILES string of the molecule is CCCCCC(CC)C(=N)C(C)CC. The van der Waals surface area contributed by atoms with Gasteiger partial charge < -0.3 is 5.41 Å². The highest BCUT2D eigenvalue weighted by molar-refractivity contribution is 5.85. The molecule has 2 unspecified atom stereocenters. The van der Waals surface area contributed by atoms with E-state index in [0.717, 1.165) is 18.6 Å². The molecule has 1 heteroatoms. The number of unbranched alkanes of at least 4 members (excludes halogenated alkanes) is 2. The Bertz CT molecular complexity index is 151. The zero-order chi connectivity index (χ0) is 11.0. The Morgan fingerprint density at radius 1 is 1.07 bits per heavy atom. The Kier molecular flexibility index (Phi) is 7.83. The van der Waals surface area contributed by atoms with E-state index < -0.39 is 0 Å². The topological polar surface area (TPSA) is 23.9 Å². The van der Waals surface area contributed by atoms with Gasteiger partial charge in [-0.05, 0) is 31.1 Å². The maximum atomic E-state index is 8.09. The Labute approximate surface area is 89.8 Å². The lowest BCUT2D eigenvalue weighted by Gasteiger charge is -2.20. The van der Waals surface area contributed by atoms with Crippen LogP contribution in [0.2, 0.25) is 0 Å². The molecule has 0 saturated carbocycles. The molecule has 1 nitrogen and oxygen atoms in total. The van der Waals surface area contributed by atoms with E-state index in [1.165, 1.54) is 25.7 Å². The van der Waals surface area contributed by atoms with Crippen LogP contribution in [-0.4, -0.2) is 5.71 Å². The number of nitrogens with one attached hydrogen (secondary N) is 1. The molecule has 0 heterocycles. The molecule has 2 atom stereocenters. The Balaban J connectivity index is 3.92. The summed E-state index contributed by atoms with van der Waals surface area (Å²) in [6.45, 7) is 8.82. The standard InChI is InChI=1S/C13H27N/c1-5-8-9-10-12(7-3)13(14)11(4)6-2/h11-12,14H,5-10H2,1-4H3. The fourth-order valence-corrected chi connectivity index (χ4v) is 1.84. The van der Waals surface area contributed by atoms with Crippen LogP contribution < -0.4 is 0 Å². The number of hydrogen-bond donors (Lipinski definition) is 1. The van der Waals surface area contributed by atoms with Gasteiger partial charge in [0.2, 0.25) is 0 Å². The van der Waals surface area contributed by atoms with Crippen LogP contribution in [0, 0.1) is 17.2 Å². The lowest BCUT2D eigenvalue weighted by atomic mass is 9.86. The molecule has 0 fully saturated rings. The predicted molar refractivity (Wildman–Crippen MR) is 65.1 cm³/mol. The van der Waals surface area contributed by atoms with Crippen LogP contribution in [0.5, 0.6) is 0 Å². The molecule has 0 bridgehead atoms. The van der Waals surface area contributed by atoms with Crippen LogP contribution in [0.15, 0.2) is 0 Å². The molecule has 0 aromatic carbocycles. The Morgan fingerprint density at radius 3 is 2.14 bits per heavy atom. The molecule has 0 aliphatic heterocycles. The third-order valence-corrected chi connectivity index (χ3v) is 3.23. The molecule has 1 N–H and O–H groups in total. The van der Waals surface area contributed by atoms with Crippen LogP contribution in [-0.2, 0) is 0 Å². The van der Waals surface area contributed by atoms with Gasteiger partial charge in [-0.25, -0.2) is 0 Å². The van der Waals surface area contributed by atoms with E-state index in [1.54, 1.807) is 0 Å². The minimum Gasteiger partial charge on any atom is -0.309 e. The van der Waals surface area contributed by atoms with E-state index in [1.807, 2.05) is 0 Å². The van der Waals surface area contributed by atoms with Crippen molar-refractivity contribution in [2.24, 2.45) is 11.8 Å². The molecule has 14 heavy (non-hydrogen) atoms. The van der Waals surface area contributed by atoms with Crippen molar-refractivity contribution in [1.82, 2.24) is 0 Å². The third-order valence-electron chi connectivity index (χ3n) is 3.23. The highest BCUT2D eigenvalue weighted by atomic mass is 14.5. The van der Waals surface area contributed by atoms with E-state index in [9.17, 15) is 0 Å². The van der Waals surface area contributed by atoms with Gasteiger partial charge >= 0.3 is 0 Å². The zero-order valence-electron chi connectivity index (χ0n) is 10.4. The normalized spacial score (nSPS) is 15.1. The van der Waals surface area contributed by atoms with Crippen molar-refractivity contribution in [1.29, 1.82) is 5.41 Å². The summed E-state index contributed by atoms with van der Waals surface area (Å²) in [7, 11) is 0. The van der Waals surface area contributed by atoms with Crippen molar-refractivity contribution in [2.45, 2.75) is 66.2 Å². The fourth-order valence-electron chi connectivity index (χ4n) is 1.84. The molecule has 0 amide bonds. The summed E-state index contributed by atoms with van der Waals surface area (Å²) in [6.07, 6.45) is 7.40. The second-order valence-electron chi connectivity index (χ2n) is 4.37. The first-order valence-corrected chi connectivity index (χ1v) is 6.25. The third kappa shape index (κ3) is 4.78. The Hall–Kier alpha value is -0.330. The molecular formula is C13H27N. The van der Waals surface area contributed by atoms with E-state index in [2.05, 4.69) is 27.7 Å². The lowest BCUT2D eigenvalue weighted by molar-refractivity contribution is 0.523. The van der Waals surface area contributed by atoms with Crippen LogP contribution in [0.1, 0.15) is 66.2 Å². The molecule has 0 radical (unpaired) electrons. The molecule has 0 saturated heterocycles. The van der Waals surface area contributed by atoms with Crippen molar-refractivity contribution in [3.63, 3.8) is 0 Å². The monoisotopic (exact) mass is 197 g/mol. The smallest absolute Gasteiger partial charge is 0.0148 e. The minimum atomic E-state index is 0.488. The average molecular weight is 197 g/mol. The summed E-state index contributed by atoms with van der Waals surface area (Å²) < 4.78 is 0. The first-order valence-electron chi connectivity index (χ1n) is 6.25. The molecule has 0 aromatic rings. The van der Waals surface area contributed by atoms with Crippen molar-refractivity contribution in [3.8, 4) is 0 Å². The quantitative estimate of drug-likeness (QED) is 0.432. The van der Waals surface area contributed by atoms with Gasteiger partial charge in [-0.1, -0.05) is 47.0 Å². The van der Waals surface area contributed by atoms with Crippen LogP contribution in [0.4, 0.5) is 0 Å². The summed E-state index contributed by atoms with van der Waals surface area (Å²) in [4.78, 5) is 0. The number of hydrogen-bond acceptors (Lipinski definition) is 1. The second-order valence-corrected chi connectivity index (χ2v) is 4.37. The minimum absolute atomic E-state index is 0.488. The van der Waals surface area contributed by atoms with Gasteiger partial charge in [0.15, 0.2) is 0 Å². The second kappa shape index (κ2) is 8.02. The van der Waals surface area contributed by atoms with Crippen molar-refractivity contribution >= 4 is 5.71 Å². The van der Waals surface area contributed by atoms with Crippen LogP contribution in [0.25, 0.3) is 0 Å². The summed E-state index contributed by atoms with van der Waals surface area (Å²) in [5, 5.41) is 8.09. The molecule has 0 spiro atoms. The molecule has 84 valence electrons. The maximum Gasteiger partial charge on any atom is 0.0148 e. The first kappa shape index (κ1) is 13.7. The average Bonchev–Trinajstić information content (AvgIpc) is 2.22. The van der Waals surface area contributed by atoms with E-state index in [0.29, 0.717) is 11.8 Å². The maximum absolute atomic E-state index is 8.09. The van der Waals surface area contributed by atoms with Gasteiger partial charge in [0.25, 0.3) is 0 Å². The van der Waals surface area contributed by atoms with Gasteiger partial charge in [0.1, 0.15) is 0 Å². The number of rotatable bonds is 8. The Morgan fingerprint density at radius 2 is 1.71 bits per heavy atom. The fraction of sp³-hybridized carbons (Fsp3) is 0.923. The highest BCUT2D eigenvalue weighted by Crippen LogP contribution is 2.20. The van der Waals surface area contributed by atoms with E-state index >= 15 is 0 Å². The van der Waals surface area contributed by atoms with Gasteiger partial charge in [-0.15, -0.1) is 0 Å². The molecule has 0 rings (SSSR count). The van der Waals surface area contributed by atoms with E-state index in [4.69, 9.17) is 5.41 Å². The molecular weight excluding hydrogens is 170 g/mol. The first-order chi connectivity index (χ1) is 6.67. The van der Waals surface area contributed by atoms with Crippen LogP contribution in [0.3, 0.4) is 0 Å². The summed E-state index contributed by atoms with van der Waals surface area (Å²) in [5.74, 6) is 1.04. The molecule has 0 aliphatic rings. The van der Waals surface area contributed by atoms with Gasteiger partial charge in [-0.2, -0.15) is 0 Å². The lowest BCUT2D eigenvalue weighted by Crippen LogP contribution is -2.20. The summed E-state index contributed by atoms with van der Waals surface area (Å²) >= 11 is 0. The van der Waals surface area contributed by atoms with Crippen molar-refractivity contribution in [3.05, 3.63) is 0 Å².